The lowest BCUT2D eigenvalue weighted by molar-refractivity contribution is -0.142. The van der Waals surface area contributed by atoms with Crippen molar-refractivity contribution < 1.29 is 19.1 Å². The minimum atomic E-state index is -0.417. The third kappa shape index (κ3) is 6.27. The van der Waals surface area contributed by atoms with Gasteiger partial charge >= 0.3 is 5.97 Å². The Kier molecular flexibility index (Phi) is 8.21. The third-order valence-electron chi connectivity index (χ3n) is 5.60. The SMILES string of the molecule is CCOC(=O)CN(C(=O)CN1CCN(CC(=O)N2CCCC2)CC1)c1ccccc1. The van der Waals surface area contributed by atoms with Gasteiger partial charge in [-0.05, 0) is 31.9 Å². The molecule has 0 unspecified atom stereocenters. The molecule has 0 spiro atoms. The van der Waals surface area contributed by atoms with Crippen LogP contribution in [-0.2, 0) is 19.1 Å². The van der Waals surface area contributed by atoms with Crippen molar-refractivity contribution >= 4 is 23.5 Å². The largest absolute Gasteiger partial charge is 0.465 e. The standard InChI is InChI=1S/C22H32N4O4/c1-2-30-22(29)18-26(19-8-4-3-5-9-19)21(28)17-24-14-12-23(13-15-24)16-20(27)25-10-6-7-11-25/h3-5,8-9H,2,6-7,10-18H2,1H3. The average Bonchev–Trinajstić information content (AvgIpc) is 3.29. The number of anilines is 1. The van der Waals surface area contributed by atoms with Crippen molar-refractivity contribution in [3.63, 3.8) is 0 Å². The number of para-hydroxylation sites is 1. The van der Waals surface area contributed by atoms with E-state index in [2.05, 4.69) is 9.80 Å². The summed E-state index contributed by atoms with van der Waals surface area (Å²) in [5.41, 5.74) is 0.686. The van der Waals surface area contributed by atoms with Crippen molar-refractivity contribution in [3.05, 3.63) is 30.3 Å². The highest BCUT2D eigenvalue weighted by molar-refractivity contribution is 5.98. The van der Waals surface area contributed by atoms with Crippen LogP contribution in [0, 0.1) is 0 Å². The summed E-state index contributed by atoms with van der Waals surface area (Å²) >= 11 is 0. The molecule has 8 nitrogen and oxygen atoms in total. The fourth-order valence-electron chi connectivity index (χ4n) is 3.91. The van der Waals surface area contributed by atoms with Crippen molar-refractivity contribution in [1.29, 1.82) is 0 Å². The zero-order valence-electron chi connectivity index (χ0n) is 17.8. The van der Waals surface area contributed by atoms with E-state index in [0.29, 0.717) is 12.2 Å². The molecule has 2 fully saturated rings. The van der Waals surface area contributed by atoms with E-state index in [4.69, 9.17) is 4.74 Å². The minimum absolute atomic E-state index is 0.0962. The molecule has 164 valence electrons. The Balaban J connectivity index is 1.51. The van der Waals surface area contributed by atoms with Crippen LogP contribution >= 0.6 is 0 Å². The fourth-order valence-corrected chi connectivity index (χ4v) is 3.91. The summed E-state index contributed by atoms with van der Waals surface area (Å²) < 4.78 is 5.04. The molecule has 2 saturated heterocycles. The van der Waals surface area contributed by atoms with E-state index < -0.39 is 5.97 Å². The van der Waals surface area contributed by atoms with Gasteiger partial charge in [-0.2, -0.15) is 0 Å². The lowest BCUT2D eigenvalue weighted by atomic mass is 10.2. The predicted octanol–water partition coefficient (Wildman–Crippen LogP) is 0.823. The number of hydrogen-bond donors (Lipinski definition) is 0. The molecule has 2 aliphatic rings. The molecule has 2 aliphatic heterocycles. The van der Waals surface area contributed by atoms with E-state index in [1.54, 1.807) is 6.92 Å². The summed E-state index contributed by atoms with van der Waals surface area (Å²) in [5.74, 6) is -0.336. The summed E-state index contributed by atoms with van der Waals surface area (Å²) in [7, 11) is 0. The van der Waals surface area contributed by atoms with Gasteiger partial charge in [-0.25, -0.2) is 0 Å². The van der Waals surface area contributed by atoms with Crippen LogP contribution in [0.15, 0.2) is 30.3 Å². The molecule has 1 aromatic carbocycles. The van der Waals surface area contributed by atoms with Gasteiger partial charge in [0, 0.05) is 45.0 Å². The van der Waals surface area contributed by atoms with Crippen LogP contribution in [0.5, 0.6) is 0 Å². The van der Waals surface area contributed by atoms with E-state index >= 15 is 0 Å². The lowest BCUT2D eigenvalue weighted by Gasteiger charge is -2.35. The highest BCUT2D eigenvalue weighted by Crippen LogP contribution is 2.15. The van der Waals surface area contributed by atoms with Gasteiger partial charge in [0.2, 0.25) is 11.8 Å². The summed E-state index contributed by atoms with van der Waals surface area (Å²) in [5, 5.41) is 0. The number of hydrogen-bond acceptors (Lipinski definition) is 6. The zero-order valence-corrected chi connectivity index (χ0v) is 17.8. The number of amides is 2. The van der Waals surface area contributed by atoms with Gasteiger partial charge in [-0.1, -0.05) is 18.2 Å². The quantitative estimate of drug-likeness (QED) is 0.585. The molecule has 0 aromatic heterocycles. The van der Waals surface area contributed by atoms with Crippen molar-refractivity contribution in [2.45, 2.75) is 19.8 Å². The molecule has 1 aromatic rings. The molecule has 2 heterocycles. The number of benzene rings is 1. The number of ether oxygens (including phenoxy) is 1. The molecular formula is C22H32N4O4. The number of rotatable bonds is 8. The van der Waals surface area contributed by atoms with Crippen LogP contribution in [0.3, 0.4) is 0 Å². The molecule has 30 heavy (non-hydrogen) atoms. The third-order valence-corrected chi connectivity index (χ3v) is 5.60. The van der Waals surface area contributed by atoms with E-state index in [1.165, 1.54) is 4.90 Å². The number of carbonyl (C=O) groups excluding carboxylic acids is 3. The van der Waals surface area contributed by atoms with Gasteiger partial charge in [0.05, 0.1) is 19.7 Å². The first-order chi connectivity index (χ1) is 14.6. The van der Waals surface area contributed by atoms with Crippen LogP contribution in [0.2, 0.25) is 0 Å². The first-order valence-corrected chi connectivity index (χ1v) is 10.8. The number of piperazine rings is 1. The smallest absolute Gasteiger partial charge is 0.326 e. The fraction of sp³-hybridized carbons (Fsp3) is 0.591. The van der Waals surface area contributed by atoms with Gasteiger partial charge in [0.15, 0.2) is 0 Å². The zero-order chi connectivity index (χ0) is 21.3. The first kappa shape index (κ1) is 22.2. The Morgan fingerprint density at radius 3 is 2.10 bits per heavy atom. The molecule has 2 amide bonds. The molecule has 0 N–H and O–H groups in total. The van der Waals surface area contributed by atoms with Crippen LogP contribution in [-0.4, -0.2) is 98.0 Å². The van der Waals surface area contributed by atoms with Gasteiger partial charge in [-0.15, -0.1) is 0 Å². The predicted molar refractivity (Wildman–Crippen MR) is 114 cm³/mol. The second kappa shape index (κ2) is 11.1. The Morgan fingerprint density at radius 1 is 0.900 bits per heavy atom. The van der Waals surface area contributed by atoms with Crippen molar-refractivity contribution in [3.8, 4) is 0 Å². The second-order valence-electron chi connectivity index (χ2n) is 7.76. The van der Waals surface area contributed by atoms with Gasteiger partial charge in [-0.3, -0.25) is 24.2 Å². The van der Waals surface area contributed by atoms with Gasteiger partial charge in [0.25, 0.3) is 0 Å². The van der Waals surface area contributed by atoms with Gasteiger partial charge in [0.1, 0.15) is 6.54 Å². The molecular weight excluding hydrogens is 384 g/mol. The Morgan fingerprint density at radius 2 is 1.50 bits per heavy atom. The maximum Gasteiger partial charge on any atom is 0.326 e. The highest BCUT2D eigenvalue weighted by Gasteiger charge is 2.26. The molecule has 0 bridgehead atoms. The van der Waals surface area contributed by atoms with E-state index in [0.717, 1.165) is 52.1 Å². The first-order valence-electron chi connectivity index (χ1n) is 10.8. The molecule has 0 radical (unpaired) electrons. The number of esters is 1. The lowest BCUT2D eigenvalue weighted by Crippen LogP contribution is -2.52. The van der Waals surface area contributed by atoms with E-state index in [1.807, 2.05) is 35.2 Å². The monoisotopic (exact) mass is 416 g/mol. The van der Waals surface area contributed by atoms with E-state index in [-0.39, 0.29) is 31.5 Å². The molecule has 8 heteroatoms. The van der Waals surface area contributed by atoms with E-state index in [9.17, 15) is 14.4 Å². The molecule has 0 saturated carbocycles. The Labute approximate surface area is 178 Å². The summed E-state index contributed by atoms with van der Waals surface area (Å²) in [4.78, 5) is 45.0. The molecule has 0 aliphatic carbocycles. The normalized spacial score (nSPS) is 17.7. The van der Waals surface area contributed by atoms with Crippen molar-refractivity contribution in [1.82, 2.24) is 14.7 Å². The maximum absolute atomic E-state index is 13.0. The highest BCUT2D eigenvalue weighted by atomic mass is 16.5. The number of likely N-dealkylation sites (tertiary alicyclic amines) is 1. The summed E-state index contributed by atoms with van der Waals surface area (Å²) in [6.07, 6.45) is 2.21. The topological polar surface area (TPSA) is 73.4 Å². The van der Waals surface area contributed by atoms with Crippen LogP contribution in [0.25, 0.3) is 0 Å². The van der Waals surface area contributed by atoms with Gasteiger partial charge < -0.3 is 14.5 Å². The summed E-state index contributed by atoms with van der Waals surface area (Å²) in [6.45, 7) is 7.36. The maximum atomic E-state index is 13.0. The number of carbonyl (C=O) groups is 3. The van der Waals surface area contributed by atoms with Crippen LogP contribution < -0.4 is 4.90 Å². The van der Waals surface area contributed by atoms with Crippen LogP contribution in [0.1, 0.15) is 19.8 Å². The molecule has 3 rings (SSSR count). The van der Waals surface area contributed by atoms with Crippen molar-refractivity contribution in [2.24, 2.45) is 0 Å². The second-order valence-corrected chi connectivity index (χ2v) is 7.76. The number of nitrogens with zero attached hydrogens (tertiary/aromatic N) is 4. The Bertz CT molecular complexity index is 713. The molecule has 0 atom stereocenters. The minimum Gasteiger partial charge on any atom is -0.465 e. The average molecular weight is 417 g/mol. The summed E-state index contributed by atoms with van der Waals surface area (Å²) in [6, 6.07) is 9.20. The Hall–Kier alpha value is -2.45. The van der Waals surface area contributed by atoms with Crippen LogP contribution in [0.4, 0.5) is 5.69 Å². The van der Waals surface area contributed by atoms with Crippen molar-refractivity contribution in [2.75, 3.05) is 70.4 Å².